The number of hydrogen-bond acceptors (Lipinski definition) is 3. The van der Waals surface area contributed by atoms with Gasteiger partial charge in [0.15, 0.2) is 0 Å². The summed E-state index contributed by atoms with van der Waals surface area (Å²) in [7, 11) is 0. The molecule has 1 atom stereocenters. The molecule has 0 heterocycles. The Bertz CT molecular complexity index is 555. The molecule has 0 aliphatic heterocycles. The van der Waals surface area contributed by atoms with Gasteiger partial charge in [-0.25, -0.2) is 4.79 Å². The Morgan fingerprint density at radius 2 is 1.79 bits per heavy atom. The third kappa shape index (κ3) is 7.85. The molecule has 0 aromatic heterocycles. The average molecular weight is 347 g/mol. The topological polar surface area (TPSA) is 75.6 Å². The number of ether oxygens (including phenoxy) is 1. The number of halogens is 3. The van der Waals surface area contributed by atoms with Gasteiger partial charge in [0.1, 0.15) is 11.8 Å². The van der Waals surface area contributed by atoms with Crippen molar-refractivity contribution in [2.24, 2.45) is 5.92 Å². The number of amides is 1. The summed E-state index contributed by atoms with van der Waals surface area (Å²) < 4.78 is 39.9. The molecule has 1 aromatic rings. The number of benzene rings is 1. The molecular formula is C16H20F3NO4. The summed E-state index contributed by atoms with van der Waals surface area (Å²) in [5.41, 5.74) is 0.649. The second-order valence-electron chi connectivity index (χ2n) is 5.78. The van der Waals surface area contributed by atoms with Crippen LogP contribution in [-0.2, 0) is 16.0 Å². The molecule has 0 aliphatic rings. The number of alkyl halides is 3. The number of carbonyl (C=O) groups excluding carboxylic acids is 1. The smallest absolute Gasteiger partial charge is 0.480 e. The van der Waals surface area contributed by atoms with Gasteiger partial charge in [-0.1, -0.05) is 26.0 Å². The van der Waals surface area contributed by atoms with Crippen molar-refractivity contribution in [1.82, 2.24) is 5.32 Å². The Morgan fingerprint density at radius 1 is 1.21 bits per heavy atom. The molecule has 0 unspecified atom stereocenters. The van der Waals surface area contributed by atoms with E-state index in [0.29, 0.717) is 12.0 Å². The quantitative estimate of drug-likeness (QED) is 0.758. The van der Waals surface area contributed by atoms with E-state index < -0.39 is 24.3 Å². The minimum absolute atomic E-state index is 0.0430. The van der Waals surface area contributed by atoms with Crippen LogP contribution in [0.5, 0.6) is 5.75 Å². The molecule has 0 aliphatic carbocycles. The predicted molar refractivity (Wildman–Crippen MR) is 80.5 cm³/mol. The zero-order chi connectivity index (χ0) is 18.3. The Kier molecular flexibility index (Phi) is 7.06. The van der Waals surface area contributed by atoms with Gasteiger partial charge in [-0.15, -0.1) is 13.2 Å². The lowest BCUT2D eigenvalue weighted by Crippen LogP contribution is -2.41. The van der Waals surface area contributed by atoms with E-state index >= 15 is 0 Å². The van der Waals surface area contributed by atoms with E-state index in [2.05, 4.69) is 10.1 Å². The van der Waals surface area contributed by atoms with Crippen LogP contribution in [0, 0.1) is 5.92 Å². The van der Waals surface area contributed by atoms with Crippen molar-refractivity contribution in [2.45, 2.75) is 45.5 Å². The highest BCUT2D eigenvalue weighted by molar-refractivity contribution is 5.83. The molecule has 5 nitrogen and oxygen atoms in total. The highest BCUT2D eigenvalue weighted by Crippen LogP contribution is 2.23. The minimum atomic E-state index is -4.75. The van der Waals surface area contributed by atoms with Crippen LogP contribution in [0.15, 0.2) is 24.3 Å². The van der Waals surface area contributed by atoms with E-state index in [1.54, 1.807) is 0 Å². The number of nitrogens with one attached hydrogen (secondary N) is 1. The maximum Gasteiger partial charge on any atom is 0.573 e. The Balaban J connectivity index is 2.50. The summed E-state index contributed by atoms with van der Waals surface area (Å²) in [5.74, 6) is -1.73. The van der Waals surface area contributed by atoms with Crippen LogP contribution in [-0.4, -0.2) is 29.4 Å². The van der Waals surface area contributed by atoms with E-state index in [9.17, 15) is 22.8 Å². The number of carboxylic acid groups (broad SMARTS) is 1. The lowest BCUT2D eigenvalue weighted by Gasteiger charge is -2.16. The molecule has 0 fully saturated rings. The molecule has 24 heavy (non-hydrogen) atoms. The van der Waals surface area contributed by atoms with Crippen molar-refractivity contribution in [3.05, 3.63) is 29.8 Å². The first-order valence-corrected chi connectivity index (χ1v) is 7.43. The normalized spacial score (nSPS) is 12.8. The fourth-order valence-corrected chi connectivity index (χ4v) is 2.08. The Morgan fingerprint density at radius 3 is 2.25 bits per heavy atom. The summed E-state index contributed by atoms with van der Waals surface area (Å²) in [6.07, 6.45) is -4.10. The third-order valence-corrected chi connectivity index (χ3v) is 3.14. The molecular weight excluding hydrogens is 327 g/mol. The van der Waals surface area contributed by atoms with Gasteiger partial charge in [0.25, 0.3) is 0 Å². The molecule has 0 radical (unpaired) electrons. The summed E-state index contributed by atoms with van der Waals surface area (Å²) in [6, 6.07) is 4.24. The molecule has 1 aromatic carbocycles. The minimum Gasteiger partial charge on any atom is -0.480 e. The summed E-state index contributed by atoms with van der Waals surface area (Å²) in [4.78, 5) is 22.9. The van der Waals surface area contributed by atoms with Gasteiger partial charge < -0.3 is 15.2 Å². The fraction of sp³-hybridized carbons (Fsp3) is 0.500. The van der Waals surface area contributed by atoms with Gasteiger partial charge in [0.05, 0.1) is 0 Å². The Hall–Kier alpha value is -2.25. The number of rotatable bonds is 8. The van der Waals surface area contributed by atoms with Gasteiger partial charge >= 0.3 is 12.3 Å². The SMILES string of the molecule is CC(C)C[C@@H](NC(=O)CCc1ccc(OC(F)(F)F)cc1)C(=O)O. The van der Waals surface area contributed by atoms with Crippen molar-refractivity contribution in [3.63, 3.8) is 0 Å². The van der Waals surface area contributed by atoms with E-state index in [4.69, 9.17) is 5.11 Å². The fourth-order valence-electron chi connectivity index (χ4n) is 2.08. The number of carbonyl (C=O) groups is 2. The predicted octanol–water partition coefficient (Wildman–Crippen LogP) is 3.13. The molecule has 2 N–H and O–H groups in total. The van der Waals surface area contributed by atoms with Crippen LogP contribution in [0.2, 0.25) is 0 Å². The van der Waals surface area contributed by atoms with Gasteiger partial charge in [0, 0.05) is 6.42 Å². The zero-order valence-electron chi connectivity index (χ0n) is 13.4. The van der Waals surface area contributed by atoms with Crippen LogP contribution < -0.4 is 10.1 Å². The zero-order valence-corrected chi connectivity index (χ0v) is 13.4. The summed E-state index contributed by atoms with van der Waals surface area (Å²) in [5, 5.41) is 11.5. The number of carboxylic acids is 1. The molecule has 0 saturated carbocycles. The first kappa shape index (κ1) is 19.8. The molecule has 0 bridgehead atoms. The van der Waals surface area contributed by atoms with Crippen molar-refractivity contribution < 1.29 is 32.6 Å². The van der Waals surface area contributed by atoms with Gasteiger partial charge in [-0.05, 0) is 36.5 Å². The molecule has 8 heteroatoms. The monoisotopic (exact) mass is 347 g/mol. The number of aliphatic carboxylic acids is 1. The first-order valence-electron chi connectivity index (χ1n) is 7.43. The van der Waals surface area contributed by atoms with Crippen LogP contribution in [0.3, 0.4) is 0 Å². The largest absolute Gasteiger partial charge is 0.573 e. The molecule has 0 spiro atoms. The Labute approximate surface area is 137 Å². The van der Waals surface area contributed by atoms with Crippen LogP contribution in [0.4, 0.5) is 13.2 Å². The van der Waals surface area contributed by atoms with Crippen molar-refractivity contribution in [2.75, 3.05) is 0 Å². The van der Waals surface area contributed by atoms with Crippen LogP contribution in [0.25, 0.3) is 0 Å². The maximum atomic E-state index is 12.0. The number of hydrogen-bond donors (Lipinski definition) is 2. The summed E-state index contributed by atoms with van der Waals surface area (Å²) >= 11 is 0. The molecule has 1 rings (SSSR count). The molecule has 1 amide bonds. The van der Waals surface area contributed by atoms with E-state index in [1.807, 2.05) is 13.8 Å². The third-order valence-electron chi connectivity index (χ3n) is 3.14. The van der Waals surface area contributed by atoms with Crippen molar-refractivity contribution in [1.29, 1.82) is 0 Å². The van der Waals surface area contributed by atoms with Crippen molar-refractivity contribution in [3.8, 4) is 5.75 Å². The lowest BCUT2D eigenvalue weighted by molar-refractivity contribution is -0.274. The molecule has 0 saturated heterocycles. The maximum absolute atomic E-state index is 12.0. The highest BCUT2D eigenvalue weighted by atomic mass is 19.4. The highest BCUT2D eigenvalue weighted by Gasteiger charge is 2.30. The number of aryl methyl sites for hydroxylation is 1. The van der Waals surface area contributed by atoms with Gasteiger partial charge in [-0.3, -0.25) is 4.79 Å². The molecule has 134 valence electrons. The van der Waals surface area contributed by atoms with Crippen LogP contribution >= 0.6 is 0 Å². The second-order valence-corrected chi connectivity index (χ2v) is 5.78. The summed E-state index contributed by atoms with van der Waals surface area (Å²) in [6.45, 7) is 3.71. The second kappa shape index (κ2) is 8.56. The van der Waals surface area contributed by atoms with Gasteiger partial charge in [0.2, 0.25) is 5.91 Å². The average Bonchev–Trinajstić information content (AvgIpc) is 2.43. The van der Waals surface area contributed by atoms with Crippen LogP contribution in [0.1, 0.15) is 32.3 Å². The standard InChI is InChI=1S/C16H20F3NO4/c1-10(2)9-13(15(22)23)20-14(21)8-5-11-3-6-12(7-4-11)24-16(17,18)19/h3-4,6-7,10,13H,5,8-9H2,1-2H3,(H,20,21)(H,22,23)/t13-/m1/s1. The van der Waals surface area contributed by atoms with E-state index in [0.717, 1.165) is 0 Å². The van der Waals surface area contributed by atoms with E-state index in [1.165, 1.54) is 24.3 Å². The first-order chi connectivity index (χ1) is 11.1. The van der Waals surface area contributed by atoms with Gasteiger partial charge in [-0.2, -0.15) is 0 Å². The lowest BCUT2D eigenvalue weighted by atomic mass is 10.0. The van der Waals surface area contributed by atoms with Crippen molar-refractivity contribution >= 4 is 11.9 Å². The van der Waals surface area contributed by atoms with E-state index in [-0.39, 0.29) is 24.5 Å².